The Morgan fingerprint density at radius 1 is 1.19 bits per heavy atom. The van der Waals surface area contributed by atoms with Crippen LogP contribution >= 0.6 is 11.6 Å². The molecule has 0 aliphatic rings. The molecule has 0 spiro atoms. The third kappa shape index (κ3) is 3.79. The zero-order chi connectivity index (χ0) is 15.4. The maximum absolute atomic E-state index is 13.6. The number of carbonyl (C=O) groups excluding carboxylic acids is 2. The van der Waals surface area contributed by atoms with Crippen LogP contribution in [-0.4, -0.2) is 11.8 Å². The summed E-state index contributed by atoms with van der Waals surface area (Å²) in [7, 11) is 0. The van der Waals surface area contributed by atoms with Gasteiger partial charge in [-0.05, 0) is 30.3 Å². The Balaban J connectivity index is 2.12. The molecular weight excluding hydrogens is 295 g/mol. The number of hydrogen-bond donors (Lipinski definition) is 2. The topological polar surface area (TPSA) is 72.2 Å². The molecule has 0 aromatic heterocycles. The minimum Gasteiger partial charge on any atom is -0.366 e. The smallest absolute Gasteiger partial charge is 0.248 e. The fraction of sp³-hybridized carbons (Fsp3) is 0.0667. The number of nitrogens with two attached hydrogens (primary N) is 1. The summed E-state index contributed by atoms with van der Waals surface area (Å²) in [6.07, 6.45) is -0.202. The molecule has 108 valence electrons. The molecule has 0 bridgehead atoms. The van der Waals surface area contributed by atoms with Crippen molar-refractivity contribution in [3.63, 3.8) is 0 Å². The zero-order valence-corrected chi connectivity index (χ0v) is 11.7. The number of anilines is 1. The standard InChI is InChI=1S/C15H12ClFN2O2/c16-12-5-2-6-13(17)11(12)8-14(20)19-10-4-1-3-9(7-10)15(18)21/h1-7H,8H2,(H2,18,21)(H,19,20). The molecule has 0 atom stereocenters. The average molecular weight is 307 g/mol. The van der Waals surface area contributed by atoms with Crippen LogP contribution in [0, 0.1) is 5.82 Å². The summed E-state index contributed by atoms with van der Waals surface area (Å²) < 4.78 is 13.6. The van der Waals surface area contributed by atoms with Crippen molar-refractivity contribution >= 4 is 29.1 Å². The lowest BCUT2D eigenvalue weighted by Crippen LogP contribution is -2.16. The summed E-state index contributed by atoms with van der Waals surface area (Å²) in [5, 5.41) is 2.76. The van der Waals surface area contributed by atoms with Crippen molar-refractivity contribution in [2.75, 3.05) is 5.32 Å². The van der Waals surface area contributed by atoms with E-state index in [2.05, 4.69) is 5.32 Å². The maximum atomic E-state index is 13.6. The molecule has 4 nitrogen and oxygen atoms in total. The van der Waals surface area contributed by atoms with Gasteiger partial charge in [0.05, 0.1) is 6.42 Å². The van der Waals surface area contributed by atoms with Crippen LogP contribution < -0.4 is 11.1 Å². The highest BCUT2D eigenvalue weighted by Gasteiger charge is 2.12. The Hall–Kier alpha value is -2.40. The monoisotopic (exact) mass is 306 g/mol. The van der Waals surface area contributed by atoms with E-state index in [-0.39, 0.29) is 22.6 Å². The first kappa shape index (κ1) is 15.0. The summed E-state index contributed by atoms with van der Waals surface area (Å²) in [4.78, 5) is 23.0. The van der Waals surface area contributed by atoms with Crippen molar-refractivity contribution in [2.24, 2.45) is 5.73 Å². The van der Waals surface area contributed by atoms with Crippen LogP contribution in [0.3, 0.4) is 0 Å². The van der Waals surface area contributed by atoms with Crippen LogP contribution in [0.1, 0.15) is 15.9 Å². The van der Waals surface area contributed by atoms with Crippen molar-refractivity contribution in [1.82, 2.24) is 0 Å². The molecule has 0 aliphatic heterocycles. The second-order valence-electron chi connectivity index (χ2n) is 4.37. The predicted molar refractivity (Wildman–Crippen MR) is 78.7 cm³/mol. The Morgan fingerprint density at radius 2 is 1.90 bits per heavy atom. The highest BCUT2D eigenvalue weighted by molar-refractivity contribution is 6.31. The van der Waals surface area contributed by atoms with Crippen molar-refractivity contribution < 1.29 is 14.0 Å². The van der Waals surface area contributed by atoms with E-state index in [0.717, 1.165) is 0 Å². The van der Waals surface area contributed by atoms with Crippen molar-refractivity contribution in [1.29, 1.82) is 0 Å². The molecule has 0 saturated carbocycles. The van der Waals surface area contributed by atoms with Gasteiger partial charge in [-0.2, -0.15) is 0 Å². The number of halogens is 2. The van der Waals surface area contributed by atoms with Crippen LogP contribution in [-0.2, 0) is 11.2 Å². The lowest BCUT2D eigenvalue weighted by Gasteiger charge is -2.08. The van der Waals surface area contributed by atoms with Gasteiger partial charge in [-0.1, -0.05) is 23.7 Å². The highest BCUT2D eigenvalue weighted by atomic mass is 35.5. The molecule has 2 rings (SSSR count). The average Bonchev–Trinajstić information content (AvgIpc) is 2.43. The number of nitrogens with one attached hydrogen (secondary N) is 1. The van der Waals surface area contributed by atoms with Gasteiger partial charge in [0.25, 0.3) is 0 Å². The van der Waals surface area contributed by atoms with E-state index in [0.29, 0.717) is 5.69 Å². The number of primary amides is 1. The number of hydrogen-bond acceptors (Lipinski definition) is 2. The van der Waals surface area contributed by atoms with Gasteiger partial charge in [0.1, 0.15) is 5.82 Å². The molecule has 0 unspecified atom stereocenters. The minimum atomic E-state index is -0.594. The first-order chi connectivity index (χ1) is 9.97. The van der Waals surface area contributed by atoms with E-state index in [4.69, 9.17) is 17.3 Å². The molecule has 21 heavy (non-hydrogen) atoms. The third-order valence-corrected chi connectivity index (χ3v) is 3.18. The molecule has 6 heteroatoms. The molecule has 2 aromatic rings. The summed E-state index contributed by atoms with van der Waals surface area (Å²) in [5.41, 5.74) is 5.97. The molecule has 0 heterocycles. The van der Waals surface area contributed by atoms with Gasteiger partial charge in [-0.15, -0.1) is 0 Å². The lowest BCUT2D eigenvalue weighted by molar-refractivity contribution is -0.115. The Kier molecular flexibility index (Phi) is 4.55. The van der Waals surface area contributed by atoms with Gasteiger partial charge in [-0.25, -0.2) is 4.39 Å². The highest BCUT2D eigenvalue weighted by Crippen LogP contribution is 2.20. The zero-order valence-electron chi connectivity index (χ0n) is 10.9. The molecule has 3 N–H and O–H groups in total. The fourth-order valence-corrected chi connectivity index (χ4v) is 2.05. The lowest BCUT2D eigenvalue weighted by atomic mass is 10.1. The first-order valence-corrected chi connectivity index (χ1v) is 6.48. The van der Waals surface area contributed by atoms with E-state index in [1.807, 2.05) is 0 Å². The molecule has 0 fully saturated rings. The predicted octanol–water partition coefficient (Wildman–Crippen LogP) is 2.76. The quantitative estimate of drug-likeness (QED) is 0.911. The Labute approximate surface area is 125 Å². The van der Waals surface area contributed by atoms with Crippen molar-refractivity contribution in [3.8, 4) is 0 Å². The Bertz CT molecular complexity index is 684. The van der Waals surface area contributed by atoms with E-state index in [1.165, 1.54) is 30.3 Å². The van der Waals surface area contributed by atoms with E-state index in [9.17, 15) is 14.0 Å². The molecule has 0 aliphatic carbocycles. The molecule has 2 aromatic carbocycles. The molecule has 0 saturated heterocycles. The van der Waals surface area contributed by atoms with Crippen LogP contribution in [0.2, 0.25) is 5.02 Å². The van der Waals surface area contributed by atoms with Gasteiger partial charge >= 0.3 is 0 Å². The van der Waals surface area contributed by atoms with E-state index in [1.54, 1.807) is 12.1 Å². The number of rotatable bonds is 4. The molecule has 2 amide bonds. The first-order valence-electron chi connectivity index (χ1n) is 6.10. The van der Waals surface area contributed by atoms with E-state index >= 15 is 0 Å². The van der Waals surface area contributed by atoms with Crippen LogP contribution in [0.25, 0.3) is 0 Å². The van der Waals surface area contributed by atoms with Crippen LogP contribution in [0.15, 0.2) is 42.5 Å². The number of benzene rings is 2. The summed E-state index contributed by atoms with van der Waals surface area (Å²) in [5.74, 6) is -1.57. The molecule has 0 radical (unpaired) electrons. The SMILES string of the molecule is NC(=O)c1cccc(NC(=O)Cc2c(F)cccc2Cl)c1. The van der Waals surface area contributed by atoms with Gasteiger partial charge in [0, 0.05) is 21.8 Å². The molecular formula is C15H12ClFN2O2. The fourth-order valence-electron chi connectivity index (χ4n) is 1.82. The van der Waals surface area contributed by atoms with Gasteiger partial charge < -0.3 is 11.1 Å². The van der Waals surface area contributed by atoms with Gasteiger partial charge in [0.15, 0.2) is 0 Å². The second-order valence-corrected chi connectivity index (χ2v) is 4.78. The van der Waals surface area contributed by atoms with Gasteiger partial charge in [-0.3, -0.25) is 9.59 Å². The normalized spacial score (nSPS) is 10.2. The van der Waals surface area contributed by atoms with E-state index < -0.39 is 17.6 Å². The van der Waals surface area contributed by atoms with Gasteiger partial charge in [0.2, 0.25) is 11.8 Å². The summed E-state index contributed by atoms with van der Waals surface area (Å²) >= 11 is 5.86. The summed E-state index contributed by atoms with van der Waals surface area (Å²) in [6, 6.07) is 10.4. The number of carbonyl (C=O) groups is 2. The van der Waals surface area contributed by atoms with Crippen LogP contribution in [0.5, 0.6) is 0 Å². The maximum Gasteiger partial charge on any atom is 0.248 e. The van der Waals surface area contributed by atoms with Crippen molar-refractivity contribution in [3.05, 3.63) is 64.4 Å². The number of amides is 2. The Morgan fingerprint density at radius 3 is 2.57 bits per heavy atom. The second kappa shape index (κ2) is 6.37. The minimum absolute atomic E-state index is 0.128. The summed E-state index contributed by atoms with van der Waals surface area (Å²) in [6.45, 7) is 0. The third-order valence-electron chi connectivity index (χ3n) is 2.83. The van der Waals surface area contributed by atoms with Crippen LogP contribution in [0.4, 0.5) is 10.1 Å². The van der Waals surface area contributed by atoms with Crippen molar-refractivity contribution in [2.45, 2.75) is 6.42 Å². The largest absolute Gasteiger partial charge is 0.366 e.